The molecule has 1 aromatic rings. The van der Waals surface area contributed by atoms with Crippen LogP contribution in [0.5, 0.6) is 0 Å². The lowest BCUT2D eigenvalue weighted by atomic mass is 10.2. The Kier molecular flexibility index (Phi) is 4.25. The Balaban J connectivity index is 1.78. The number of carbonyl (C=O) groups is 3. The number of hydrogen-bond acceptors (Lipinski definition) is 4. The van der Waals surface area contributed by atoms with Crippen molar-refractivity contribution in [1.29, 1.82) is 0 Å². The molecule has 0 radical (unpaired) electrons. The first-order chi connectivity index (χ1) is 9.15. The second-order valence-corrected chi connectivity index (χ2v) is 4.20. The summed E-state index contributed by atoms with van der Waals surface area (Å²) in [7, 11) is 0. The van der Waals surface area contributed by atoms with E-state index in [0.717, 1.165) is 5.56 Å². The summed E-state index contributed by atoms with van der Waals surface area (Å²) in [6.07, 6.45) is 0. The first kappa shape index (κ1) is 13.2. The first-order valence-electron chi connectivity index (χ1n) is 5.87. The first-order valence-corrected chi connectivity index (χ1v) is 5.87. The number of benzene rings is 1. The van der Waals surface area contributed by atoms with E-state index in [9.17, 15) is 14.4 Å². The van der Waals surface area contributed by atoms with Crippen LogP contribution in [0.25, 0.3) is 0 Å². The van der Waals surface area contributed by atoms with Crippen molar-refractivity contribution in [2.45, 2.75) is 6.61 Å². The summed E-state index contributed by atoms with van der Waals surface area (Å²) in [5.74, 6) is -1.29. The number of amides is 3. The molecule has 0 saturated carbocycles. The molecule has 3 amide bonds. The number of piperazine rings is 1. The van der Waals surface area contributed by atoms with Crippen LogP contribution in [0, 0.1) is 0 Å². The van der Waals surface area contributed by atoms with Crippen LogP contribution in [0.1, 0.15) is 5.56 Å². The second-order valence-electron chi connectivity index (χ2n) is 4.20. The molecule has 1 N–H and O–H groups in total. The predicted octanol–water partition coefficient (Wildman–Crippen LogP) is -0.312. The van der Waals surface area contributed by atoms with Gasteiger partial charge in [-0.2, -0.15) is 0 Å². The van der Waals surface area contributed by atoms with Gasteiger partial charge in [0.1, 0.15) is 19.7 Å². The van der Waals surface area contributed by atoms with Gasteiger partial charge in [0.05, 0.1) is 6.61 Å². The highest BCUT2D eigenvalue weighted by atomic mass is 16.5. The largest absolute Gasteiger partial charge is 0.367 e. The molecule has 100 valence electrons. The lowest BCUT2D eigenvalue weighted by molar-refractivity contribution is -0.148. The van der Waals surface area contributed by atoms with E-state index in [-0.39, 0.29) is 25.6 Å². The van der Waals surface area contributed by atoms with E-state index in [1.54, 1.807) is 0 Å². The zero-order chi connectivity index (χ0) is 13.7. The van der Waals surface area contributed by atoms with E-state index in [2.05, 4.69) is 5.32 Å². The van der Waals surface area contributed by atoms with Gasteiger partial charge in [-0.1, -0.05) is 30.3 Å². The van der Waals surface area contributed by atoms with Crippen molar-refractivity contribution < 1.29 is 19.1 Å². The van der Waals surface area contributed by atoms with Crippen molar-refractivity contribution >= 4 is 17.7 Å². The lowest BCUT2D eigenvalue weighted by Gasteiger charge is -2.25. The number of nitrogens with zero attached hydrogens (tertiary/aromatic N) is 1. The number of rotatable bonds is 4. The molecular formula is C13H14N2O4. The zero-order valence-corrected chi connectivity index (χ0v) is 10.3. The Morgan fingerprint density at radius 1 is 1.16 bits per heavy atom. The van der Waals surface area contributed by atoms with Gasteiger partial charge in [-0.25, -0.2) is 0 Å². The van der Waals surface area contributed by atoms with E-state index in [4.69, 9.17) is 4.74 Å². The number of imide groups is 1. The van der Waals surface area contributed by atoms with Gasteiger partial charge in [0.15, 0.2) is 0 Å². The van der Waals surface area contributed by atoms with Gasteiger partial charge < -0.3 is 9.64 Å². The molecule has 1 aliphatic rings. The molecule has 1 fully saturated rings. The summed E-state index contributed by atoms with van der Waals surface area (Å²) < 4.78 is 5.27. The van der Waals surface area contributed by atoms with Crippen LogP contribution in [-0.4, -0.2) is 42.3 Å². The Labute approximate surface area is 110 Å². The van der Waals surface area contributed by atoms with Crippen LogP contribution >= 0.6 is 0 Å². The fourth-order valence-electron chi connectivity index (χ4n) is 1.74. The van der Waals surface area contributed by atoms with E-state index in [1.165, 1.54) is 4.90 Å². The fourth-order valence-corrected chi connectivity index (χ4v) is 1.74. The molecule has 0 unspecified atom stereocenters. The summed E-state index contributed by atoms with van der Waals surface area (Å²) in [5.41, 5.74) is 0.961. The van der Waals surface area contributed by atoms with E-state index in [1.807, 2.05) is 30.3 Å². The van der Waals surface area contributed by atoms with Gasteiger partial charge in [0.25, 0.3) is 0 Å². The van der Waals surface area contributed by atoms with Crippen molar-refractivity contribution in [3.05, 3.63) is 35.9 Å². The monoisotopic (exact) mass is 262 g/mol. The van der Waals surface area contributed by atoms with Crippen LogP contribution in [0.2, 0.25) is 0 Å². The third-order valence-corrected chi connectivity index (χ3v) is 2.64. The summed E-state index contributed by atoms with van der Waals surface area (Å²) in [5, 5.41) is 2.13. The average molecular weight is 262 g/mol. The normalized spacial score (nSPS) is 15.3. The molecule has 1 saturated heterocycles. The van der Waals surface area contributed by atoms with Gasteiger partial charge in [0, 0.05) is 0 Å². The second kappa shape index (κ2) is 6.10. The van der Waals surface area contributed by atoms with Gasteiger partial charge in [-0.15, -0.1) is 0 Å². The molecule has 0 spiro atoms. The van der Waals surface area contributed by atoms with E-state index < -0.39 is 11.8 Å². The van der Waals surface area contributed by atoms with E-state index in [0.29, 0.717) is 6.61 Å². The molecule has 0 bridgehead atoms. The molecule has 6 nitrogen and oxygen atoms in total. The quantitative estimate of drug-likeness (QED) is 0.755. The maximum absolute atomic E-state index is 11.7. The smallest absolute Gasteiger partial charge is 0.249 e. The molecule has 0 aromatic heterocycles. The highest BCUT2D eigenvalue weighted by molar-refractivity contribution is 6.02. The summed E-state index contributed by atoms with van der Waals surface area (Å²) >= 11 is 0. The van der Waals surface area contributed by atoms with Crippen LogP contribution in [0.3, 0.4) is 0 Å². The van der Waals surface area contributed by atoms with Gasteiger partial charge >= 0.3 is 0 Å². The topological polar surface area (TPSA) is 75.7 Å². The van der Waals surface area contributed by atoms with Crippen molar-refractivity contribution in [2.75, 3.05) is 19.7 Å². The Morgan fingerprint density at radius 3 is 2.42 bits per heavy atom. The summed E-state index contributed by atoms with van der Waals surface area (Å²) in [4.78, 5) is 35.2. The Hall–Kier alpha value is -2.21. The maximum Gasteiger partial charge on any atom is 0.249 e. The van der Waals surface area contributed by atoms with Crippen molar-refractivity contribution in [2.24, 2.45) is 0 Å². The maximum atomic E-state index is 11.7. The zero-order valence-electron chi connectivity index (χ0n) is 10.3. The highest BCUT2D eigenvalue weighted by Gasteiger charge is 2.25. The Morgan fingerprint density at radius 2 is 1.79 bits per heavy atom. The molecule has 6 heteroatoms. The molecule has 0 aliphatic carbocycles. The number of carbonyl (C=O) groups excluding carboxylic acids is 3. The molecule has 2 rings (SSSR count). The standard InChI is InChI=1S/C13H14N2O4/c16-11-6-15(7-12(17)14-11)13(18)9-19-8-10-4-2-1-3-5-10/h1-5H,6-9H2,(H,14,16,17). The third kappa shape index (κ3) is 3.89. The highest BCUT2D eigenvalue weighted by Crippen LogP contribution is 2.02. The van der Waals surface area contributed by atoms with Crippen LogP contribution in [-0.2, 0) is 25.7 Å². The van der Waals surface area contributed by atoms with Crippen LogP contribution in [0.15, 0.2) is 30.3 Å². The number of nitrogens with one attached hydrogen (secondary N) is 1. The van der Waals surface area contributed by atoms with Crippen molar-refractivity contribution in [3.63, 3.8) is 0 Å². The molecule has 1 aliphatic heterocycles. The third-order valence-electron chi connectivity index (χ3n) is 2.64. The minimum Gasteiger partial charge on any atom is -0.367 e. The summed E-state index contributed by atoms with van der Waals surface area (Å²) in [6, 6.07) is 9.44. The molecule has 0 atom stereocenters. The minimum atomic E-state index is -0.465. The fraction of sp³-hybridized carbons (Fsp3) is 0.308. The molecule has 1 aromatic carbocycles. The molecular weight excluding hydrogens is 248 g/mol. The minimum absolute atomic E-state index is 0.0979. The van der Waals surface area contributed by atoms with Gasteiger partial charge in [-0.05, 0) is 5.56 Å². The van der Waals surface area contributed by atoms with Crippen molar-refractivity contribution in [3.8, 4) is 0 Å². The number of hydrogen-bond donors (Lipinski definition) is 1. The van der Waals surface area contributed by atoms with Crippen LogP contribution < -0.4 is 5.32 Å². The van der Waals surface area contributed by atoms with Gasteiger partial charge in [0.2, 0.25) is 17.7 Å². The Bertz CT molecular complexity index is 471. The predicted molar refractivity (Wildman–Crippen MR) is 65.8 cm³/mol. The van der Waals surface area contributed by atoms with Crippen molar-refractivity contribution in [1.82, 2.24) is 10.2 Å². The lowest BCUT2D eigenvalue weighted by Crippen LogP contribution is -2.54. The number of ether oxygens (including phenoxy) is 1. The summed E-state index contributed by atoms with van der Waals surface area (Å²) in [6.45, 7) is -0.0193. The van der Waals surface area contributed by atoms with Gasteiger partial charge in [-0.3, -0.25) is 19.7 Å². The molecule has 1 heterocycles. The van der Waals surface area contributed by atoms with E-state index >= 15 is 0 Å². The van der Waals surface area contributed by atoms with Crippen LogP contribution in [0.4, 0.5) is 0 Å². The SMILES string of the molecule is O=C1CN(C(=O)COCc2ccccc2)CC(=O)N1. The molecule has 19 heavy (non-hydrogen) atoms. The average Bonchev–Trinajstić information content (AvgIpc) is 2.38.